The zero-order valence-corrected chi connectivity index (χ0v) is 20.4. The number of carbonyl (C=O) groups is 2. The molecule has 2 amide bonds. The maximum Gasteiger partial charge on any atom is 0.238 e. The number of carbonyl (C=O) groups excluding carboxylic acids is 2. The Labute approximate surface area is 192 Å². The molecule has 1 aromatic rings. The summed E-state index contributed by atoms with van der Waals surface area (Å²) in [5, 5.41) is 6.68. The molecular formula is C25H39N3O2S. The van der Waals surface area contributed by atoms with Crippen molar-refractivity contribution in [2.45, 2.75) is 70.7 Å². The molecule has 2 aliphatic heterocycles. The molecule has 2 unspecified atom stereocenters. The molecule has 3 rings (SSSR count). The van der Waals surface area contributed by atoms with Crippen molar-refractivity contribution < 1.29 is 9.59 Å². The van der Waals surface area contributed by atoms with Crippen molar-refractivity contribution in [1.29, 1.82) is 0 Å². The van der Waals surface area contributed by atoms with Gasteiger partial charge in [-0.3, -0.25) is 14.9 Å². The molecule has 0 aromatic heterocycles. The summed E-state index contributed by atoms with van der Waals surface area (Å²) in [6, 6.07) is 10.1. The van der Waals surface area contributed by atoms with Gasteiger partial charge < -0.3 is 10.2 Å². The maximum absolute atomic E-state index is 12.7. The van der Waals surface area contributed by atoms with Crippen LogP contribution in [0.4, 0.5) is 0 Å². The summed E-state index contributed by atoms with van der Waals surface area (Å²) in [5.74, 6) is 1.58. The molecule has 0 saturated carbocycles. The van der Waals surface area contributed by atoms with Gasteiger partial charge in [0.05, 0.1) is 10.9 Å². The topological polar surface area (TPSA) is 61.4 Å². The van der Waals surface area contributed by atoms with Gasteiger partial charge in [-0.25, -0.2) is 0 Å². The van der Waals surface area contributed by atoms with Gasteiger partial charge in [0, 0.05) is 31.8 Å². The van der Waals surface area contributed by atoms with Gasteiger partial charge in [-0.15, -0.1) is 11.8 Å². The number of thioether (sulfide) groups is 1. The van der Waals surface area contributed by atoms with E-state index in [9.17, 15) is 9.59 Å². The zero-order valence-electron chi connectivity index (χ0n) is 19.6. The summed E-state index contributed by atoms with van der Waals surface area (Å²) in [7, 11) is 0. The SMILES string of the molecule is CC(CC(=O)N1CCC2(CC1)NC(C(=O)NCCc1ccccc1)CS2)CC(C)(C)C. The zero-order chi connectivity index (χ0) is 22.5. The van der Waals surface area contributed by atoms with Gasteiger partial charge >= 0.3 is 0 Å². The van der Waals surface area contributed by atoms with E-state index >= 15 is 0 Å². The van der Waals surface area contributed by atoms with Crippen LogP contribution < -0.4 is 10.6 Å². The van der Waals surface area contributed by atoms with Crippen LogP contribution in [0.15, 0.2) is 30.3 Å². The van der Waals surface area contributed by atoms with E-state index in [4.69, 9.17) is 0 Å². The lowest BCUT2D eigenvalue weighted by atomic mass is 9.84. The second-order valence-electron chi connectivity index (χ2n) is 10.5. The minimum atomic E-state index is -0.144. The third kappa shape index (κ3) is 7.25. The number of hydrogen-bond donors (Lipinski definition) is 2. The molecule has 0 bridgehead atoms. The molecule has 5 nitrogen and oxygen atoms in total. The molecule has 172 valence electrons. The Morgan fingerprint density at radius 3 is 2.55 bits per heavy atom. The molecule has 2 atom stereocenters. The highest BCUT2D eigenvalue weighted by Crippen LogP contribution is 2.39. The van der Waals surface area contributed by atoms with E-state index in [0.29, 0.717) is 18.9 Å². The Morgan fingerprint density at radius 1 is 1.23 bits per heavy atom. The first kappa shape index (κ1) is 24.1. The van der Waals surface area contributed by atoms with Crippen LogP contribution in [-0.2, 0) is 16.0 Å². The molecule has 2 saturated heterocycles. The van der Waals surface area contributed by atoms with E-state index in [1.165, 1.54) is 5.56 Å². The quantitative estimate of drug-likeness (QED) is 0.670. The van der Waals surface area contributed by atoms with Crippen LogP contribution in [0.3, 0.4) is 0 Å². The third-order valence-corrected chi connectivity index (χ3v) is 7.82. The molecule has 2 fully saturated rings. The molecule has 2 N–H and O–H groups in total. The Morgan fingerprint density at radius 2 is 1.90 bits per heavy atom. The molecule has 1 aromatic carbocycles. The standard InChI is InChI=1S/C25H39N3O2S/c1-19(17-24(2,3)4)16-22(29)28-14-11-25(12-15-28)27-21(18-31-25)23(30)26-13-10-20-8-6-5-7-9-20/h5-9,19,21,27H,10-18H2,1-4H3,(H,26,30). The predicted octanol–water partition coefficient (Wildman–Crippen LogP) is 3.83. The Kier molecular flexibility index (Phi) is 8.08. The number of nitrogens with zero attached hydrogens (tertiary/aromatic N) is 1. The molecule has 0 aliphatic carbocycles. The minimum Gasteiger partial charge on any atom is -0.354 e. The summed E-state index contributed by atoms with van der Waals surface area (Å²) < 4.78 is 0. The predicted molar refractivity (Wildman–Crippen MR) is 129 cm³/mol. The van der Waals surface area contributed by atoms with Crippen LogP contribution in [0, 0.1) is 11.3 Å². The monoisotopic (exact) mass is 445 g/mol. The lowest BCUT2D eigenvalue weighted by Gasteiger charge is -2.39. The second-order valence-corrected chi connectivity index (χ2v) is 11.9. The highest BCUT2D eigenvalue weighted by Gasteiger charge is 2.44. The van der Waals surface area contributed by atoms with Gasteiger partial charge in [0.25, 0.3) is 0 Å². The molecule has 1 spiro atoms. The molecule has 6 heteroatoms. The first-order valence-electron chi connectivity index (χ1n) is 11.7. The molecular weight excluding hydrogens is 406 g/mol. The van der Waals surface area contributed by atoms with Gasteiger partial charge in [-0.05, 0) is 42.6 Å². The molecule has 0 radical (unpaired) electrons. The van der Waals surface area contributed by atoms with E-state index < -0.39 is 0 Å². The van der Waals surface area contributed by atoms with Crippen molar-refractivity contribution in [2.24, 2.45) is 11.3 Å². The average Bonchev–Trinajstić information content (AvgIpc) is 3.11. The van der Waals surface area contributed by atoms with Crippen molar-refractivity contribution in [3.63, 3.8) is 0 Å². The molecule has 31 heavy (non-hydrogen) atoms. The van der Waals surface area contributed by atoms with E-state index in [-0.39, 0.29) is 28.1 Å². The number of benzene rings is 1. The average molecular weight is 446 g/mol. The second kappa shape index (κ2) is 10.4. The first-order chi connectivity index (χ1) is 14.7. The maximum atomic E-state index is 12.7. The fourth-order valence-corrected chi connectivity index (χ4v) is 6.25. The van der Waals surface area contributed by atoms with Gasteiger partial charge in [0.15, 0.2) is 0 Å². The van der Waals surface area contributed by atoms with E-state index in [1.54, 1.807) is 0 Å². The van der Waals surface area contributed by atoms with Gasteiger partial charge in [0.2, 0.25) is 11.8 Å². The van der Waals surface area contributed by atoms with Crippen molar-refractivity contribution in [3.8, 4) is 0 Å². The van der Waals surface area contributed by atoms with Gasteiger partial charge in [-0.1, -0.05) is 58.0 Å². The summed E-state index contributed by atoms with van der Waals surface area (Å²) in [6.07, 6.45) is 4.37. The van der Waals surface area contributed by atoms with E-state index in [0.717, 1.165) is 44.5 Å². The van der Waals surface area contributed by atoms with Crippen LogP contribution in [-0.4, -0.2) is 53.0 Å². The lowest BCUT2D eigenvalue weighted by molar-refractivity contribution is -0.133. The molecule has 2 aliphatic rings. The van der Waals surface area contributed by atoms with Crippen LogP contribution in [0.1, 0.15) is 58.9 Å². The Balaban J connectivity index is 1.40. The normalized spacial score (nSPS) is 21.8. The van der Waals surface area contributed by atoms with Crippen LogP contribution in [0.5, 0.6) is 0 Å². The van der Waals surface area contributed by atoms with Crippen LogP contribution >= 0.6 is 11.8 Å². The summed E-state index contributed by atoms with van der Waals surface area (Å²) in [5.41, 5.74) is 1.49. The molecule has 2 heterocycles. The van der Waals surface area contributed by atoms with Crippen molar-refractivity contribution >= 4 is 23.6 Å². The number of rotatable bonds is 7. The Hall–Kier alpha value is -1.53. The summed E-state index contributed by atoms with van der Waals surface area (Å²) in [4.78, 5) is 27.3. The fraction of sp³-hybridized carbons (Fsp3) is 0.680. The van der Waals surface area contributed by atoms with Crippen molar-refractivity contribution in [1.82, 2.24) is 15.5 Å². The summed E-state index contributed by atoms with van der Waals surface area (Å²) >= 11 is 1.86. The third-order valence-electron chi connectivity index (χ3n) is 6.24. The van der Waals surface area contributed by atoms with Crippen LogP contribution in [0.25, 0.3) is 0 Å². The number of hydrogen-bond acceptors (Lipinski definition) is 4. The lowest BCUT2D eigenvalue weighted by Crippen LogP contribution is -2.54. The van der Waals surface area contributed by atoms with Crippen LogP contribution in [0.2, 0.25) is 0 Å². The van der Waals surface area contributed by atoms with Gasteiger partial charge in [0.1, 0.15) is 0 Å². The number of nitrogens with one attached hydrogen (secondary N) is 2. The summed E-state index contributed by atoms with van der Waals surface area (Å²) in [6.45, 7) is 11.1. The smallest absolute Gasteiger partial charge is 0.238 e. The number of amides is 2. The highest BCUT2D eigenvalue weighted by atomic mass is 32.2. The van der Waals surface area contributed by atoms with Crippen molar-refractivity contribution in [2.75, 3.05) is 25.4 Å². The minimum absolute atomic E-state index is 0.0603. The highest BCUT2D eigenvalue weighted by molar-refractivity contribution is 8.01. The fourth-order valence-electron chi connectivity index (χ4n) is 4.83. The van der Waals surface area contributed by atoms with Crippen molar-refractivity contribution in [3.05, 3.63) is 35.9 Å². The van der Waals surface area contributed by atoms with Gasteiger partial charge in [-0.2, -0.15) is 0 Å². The first-order valence-corrected chi connectivity index (χ1v) is 12.7. The number of likely N-dealkylation sites (tertiary alicyclic amines) is 1. The largest absolute Gasteiger partial charge is 0.354 e. The Bertz CT molecular complexity index is 739. The number of piperidine rings is 1. The van der Waals surface area contributed by atoms with E-state index in [1.807, 2.05) is 34.9 Å². The van der Waals surface area contributed by atoms with E-state index in [2.05, 4.69) is 50.5 Å².